The van der Waals surface area contributed by atoms with Crippen molar-refractivity contribution in [2.75, 3.05) is 6.61 Å². The molecule has 2 aliphatic carbocycles. The van der Waals surface area contributed by atoms with Crippen LogP contribution in [0.25, 0.3) is 11.1 Å². The fraction of sp³-hybridized carbons (Fsp3) is 0.400. The second kappa shape index (κ2) is 10.2. The molecule has 1 unspecified atom stereocenters. The van der Waals surface area contributed by atoms with Crippen LogP contribution in [0.3, 0.4) is 0 Å². The summed E-state index contributed by atoms with van der Waals surface area (Å²) in [5.74, 6) is -2.17. The van der Waals surface area contributed by atoms with E-state index in [4.69, 9.17) is 9.84 Å². The van der Waals surface area contributed by atoms with Gasteiger partial charge >= 0.3 is 12.1 Å². The van der Waals surface area contributed by atoms with Crippen molar-refractivity contribution >= 4 is 18.0 Å². The first-order valence-electron chi connectivity index (χ1n) is 11.2. The van der Waals surface area contributed by atoms with Crippen molar-refractivity contribution in [3.8, 4) is 11.1 Å². The van der Waals surface area contributed by atoms with Crippen molar-refractivity contribution in [1.29, 1.82) is 0 Å². The van der Waals surface area contributed by atoms with Gasteiger partial charge in [-0.3, -0.25) is 4.79 Å². The Morgan fingerprint density at radius 1 is 1.00 bits per heavy atom. The number of alkyl halides is 2. The molecular formula is C25H26F2N2O5. The van der Waals surface area contributed by atoms with Crippen molar-refractivity contribution in [3.05, 3.63) is 59.7 Å². The Kier molecular flexibility index (Phi) is 7.09. The Labute approximate surface area is 195 Å². The average Bonchev–Trinajstić information content (AvgIpc) is 3.09. The highest BCUT2D eigenvalue weighted by atomic mass is 19.3. The molecule has 0 bridgehead atoms. The van der Waals surface area contributed by atoms with Crippen LogP contribution in [-0.2, 0) is 14.3 Å². The minimum atomic E-state index is -2.82. The maximum Gasteiger partial charge on any atom is 0.407 e. The van der Waals surface area contributed by atoms with E-state index in [0.29, 0.717) is 12.8 Å². The van der Waals surface area contributed by atoms with Crippen LogP contribution in [-0.4, -0.2) is 48.2 Å². The van der Waals surface area contributed by atoms with Gasteiger partial charge in [0.05, 0.1) is 0 Å². The maximum atomic E-state index is 12.4. The Morgan fingerprint density at radius 3 is 2.15 bits per heavy atom. The van der Waals surface area contributed by atoms with Gasteiger partial charge in [0, 0.05) is 24.8 Å². The molecule has 2 aromatic carbocycles. The fourth-order valence-corrected chi connectivity index (χ4v) is 4.74. The lowest BCUT2D eigenvalue weighted by molar-refractivity contribution is -0.143. The molecule has 9 heteroatoms. The fourth-order valence-electron chi connectivity index (χ4n) is 4.74. The first-order chi connectivity index (χ1) is 16.3. The number of hydrogen-bond acceptors (Lipinski definition) is 4. The normalized spacial score (nSPS) is 19.5. The number of amides is 2. The zero-order valence-electron chi connectivity index (χ0n) is 18.4. The van der Waals surface area contributed by atoms with Gasteiger partial charge in [-0.05, 0) is 41.0 Å². The smallest absolute Gasteiger partial charge is 0.407 e. The van der Waals surface area contributed by atoms with Crippen molar-refractivity contribution in [3.63, 3.8) is 0 Å². The number of benzene rings is 2. The monoisotopic (exact) mass is 472 g/mol. The summed E-state index contributed by atoms with van der Waals surface area (Å²) in [7, 11) is 0. The molecular weight excluding hydrogens is 446 g/mol. The first-order valence-corrected chi connectivity index (χ1v) is 11.2. The molecule has 0 spiro atoms. The molecule has 2 amide bonds. The first kappa shape index (κ1) is 23.7. The number of carboxylic acid groups (broad SMARTS) is 1. The number of fused-ring (bicyclic) bond motifs is 3. The summed E-state index contributed by atoms with van der Waals surface area (Å²) >= 11 is 0. The third kappa shape index (κ3) is 5.35. The van der Waals surface area contributed by atoms with Crippen LogP contribution in [0.15, 0.2) is 48.5 Å². The minimum Gasteiger partial charge on any atom is -0.480 e. The van der Waals surface area contributed by atoms with Crippen LogP contribution in [0, 0.1) is 5.92 Å². The van der Waals surface area contributed by atoms with Gasteiger partial charge in [-0.1, -0.05) is 48.5 Å². The van der Waals surface area contributed by atoms with Crippen molar-refractivity contribution in [1.82, 2.24) is 10.6 Å². The third-order valence-corrected chi connectivity index (χ3v) is 6.42. The number of halogens is 2. The maximum absolute atomic E-state index is 12.4. The lowest BCUT2D eigenvalue weighted by atomic mass is 9.78. The van der Waals surface area contributed by atoms with Crippen LogP contribution in [0.5, 0.6) is 0 Å². The predicted octanol–water partition coefficient (Wildman–Crippen LogP) is 3.92. The van der Waals surface area contributed by atoms with Crippen LogP contribution < -0.4 is 10.6 Å². The molecule has 1 fully saturated rings. The molecule has 0 aliphatic heterocycles. The molecule has 0 saturated heterocycles. The largest absolute Gasteiger partial charge is 0.480 e. The van der Waals surface area contributed by atoms with E-state index in [0.717, 1.165) is 22.3 Å². The molecule has 7 nitrogen and oxygen atoms in total. The molecule has 34 heavy (non-hydrogen) atoms. The SMILES string of the molecule is O=C(CC1CC(NC(=O)OCC2c3ccccc3-c3ccccc32)C1)NC(CC(F)F)C(=O)O. The number of hydrogen-bond donors (Lipinski definition) is 3. The van der Waals surface area contributed by atoms with Gasteiger partial charge in [0.25, 0.3) is 0 Å². The molecule has 1 saturated carbocycles. The third-order valence-electron chi connectivity index (χ3n) is 6.42. The Morgan fingerprint density at radius 2 is 1.59 bits per heavy atom. The Bertz CT molecular complexity index is 1030. The highest BCUT2D eigenvalue weighted by Crippen LogP contribution is 2.44. The van der Waals surface area contributed by atoms with Gasteiger partial charge in [0.1, 0.15) is 12.6 Å². The number of carboxylic acids is 1. The highest BCUT2D eigenvalue weighted by molar-refractivity contribution is 5.83. The van der Waals surface area contributed by atoms with E-state index >= 15 is 0 Å². The summed E-state index contributed by atoms with van der Waals surface area (Å²) in [6, 6.07) is 14.4. The number of nitrogens with one attached hydrogen (secondary N) is 2. The van der Waals surface area contributed by atoms with E-state index in [9.17, 15) is 23.2 Å². The number of ether oxygens (including phenoxy) is 1. The standard InChI is InChI=1S/C25H26F2N2O5/c26-22(27)12-21(24(31)32)29-23(30)11-14-9-15(10-14)28-25(33)34-13-20-18-7-3-1-5-16(18)17-6-2-4-8-19(17)20/h1-8,14-15,20-22H,9-13H2,(H,28,33)(H,29,30)(H,31,32). The lowest BCUT2D eigenvalue weighted by Gasteiger charge is -2.35. The van der Waals surface area contributed by atoms with Gasteiger partial charge in [-0.2, -0.15) is 0 Å². The van der Waals surface area contributed by atoms with E-state index in [-0.39, 0.29) is 30.9 Å². The number of alkyl carbamates (subject to hydrolysis) is 1. The molecule has 0 radical (unpaired) electrons. The molecule has 1 atom stereocenters. The van der Waals surface area contributed by atoms with Crippen molar-refractivity contribution in [2.45, 2.75) is 50.1 Å². The molecule has 2 aromatic rings. The summed E-state index contributed by atoms with van der Waals surface area (Å²) in [5.41, 5.74) is 4.53. The molecule has 180 valence electrons. The van der Waals surface area contributed by atoms with Crippen molar-refractivity contribution < 1.29 is 33.0 Å². The minimum absolute atomic E-state index is 0.0237. The second-order valence-electron chi connectivity index (χ2n) is 8.79. The number of carbonyl (C=O) groups is 3. The Hall–Kier alpha value is -3.49. The van der Waals surface area contributed by atoms with E-state index in [1.807, 2.05) is 36.4 Å². The zero-order chi connectivity index (χ0) is 24.2. The Balaban J connectivity index is 1.21. The predicted molar refractivity (Wildman–Crippen MR) is 120 cm³/mol. The summed E-state index contributed by atoms with van der Waals surface area (Å²) in [4.78, 5) is 35.3. The molecule has 0 heterocycles. The van der Waals surface area contributed by atoms with Crippen LogP contribution >= 0.6 is 0 Å². The number of carbonyl (C=O) groups excluding carboxylic acids is 2. The number of aliphatic carboxylic acids is 1. The summed E-state index contributed by atoms with van der Waals surface area (Å²) < 4.78 is 30.4. The van der Waals surface area contributed by atoms with E-state index in [1.54, 1.807) is 0 Å². The van der Waals surface area contributed by atoms with Gasteiger partial charge in [-0.15, -0.1) is 0 Å². The molecule has 4 rings (SSSR count). The summed E-state index contributed by atoms with van der Waals surface area (Å²) in [6.45, 7) is 0.207. The quantitative estimate of drug-likeness (QED) is 0.513. The van der Waals surface area contributed by atoms with E-state index in [2.05, 4.69) is 22.8 Å². The van der Waals surface area contributed by atoms with E-state index in [1.165, 1.54) is 0 Å². The molecule has 3 N–H and O–H groups in total. The second-order valence-corrected chi connectivity index (χ2v) is 8.79. The molecule has 2 aliphatic rings. The zero-order valence-corrected chi connectivity index (χ0v) is 18.4. The molecule has 0 aromatic heterocycles. The average molecular weight is 472 g/mol. The summed E-state index contributed by atoms with van der Waals surface area (Å²) in [6.07, 6.45) is -3.20. The van der Waals surface area contributed by atoms with Gasteiger partial charge in [0.15, 0.2) is 0 Å². The number of rotatable bonds is 9. The highest BCUT2D eigenvalue weighted by Gasteiger charge is 2.34. The van der Waals surface area contributed by atoms with Crippen LogP contribution in [0.2, 0.25) is 0 Å². The van der Waals surface area contributed by atoms with Gasteiger partial charge in [0.2, 0.25) is 12.3 Å². The summed E-state index contributed by atoms with van der Waals surface area (Å²) in [5, 5.41) is 13.9. The topological polar surface area (TPSA) is 105 Å². The van der Waals surface area contributed by atoms with Gasteiger partial charge < -0.3 is 20.5 Å². The van der Waals surface area contributed by atoms with Crippen molar-refractivity contribution in [2.24, 2.45) is 5.92 Å². The van der Waals surface area contributed by atoms with Crippen LogP contribution in [0.4, 0.5) is 13.6 Å². The van der Waals surface area contributed by atoms with E-state index < -0.39 is 36.9 Å². The van der Waals surface area contributed by atoms with Gasteiger partial charge in [-0.25, -0.2) is 18.4 Å². The lowest BCUT2D eigenvalue weighted by Crippen LogP contribution is -2.47. The van der Waals surface area contributed by atoms with Crippen LogP contribution in [0.1, 0.15) is 42.7 Å².